The third-order valence-corrected chi connectivity index (χ3v) is 9.16. The third-order valence-electron chi connectivity index (χ3n) is 9.16. The first-order valence-corrected chi connectivity index (χ1v) is 16.0. The summed E-state index contributed by atoms with van der Waals surface area (Å²) >= 11 is 0. The normalized spacial score (nSPS) is 18.8. The van der Waals surface area contributed by atoms with E-state index in [1.807, 2.05) is 28.1 Å². The first-order valence-electron chi connectivity index (χ1n) is 16.0. The molecule has 2 aromatic carbocycles. The van der Waals surface area contributed by atoms with Crippen LogP contribution in [0.3, 0.4) is 0 Å². The molecule has 1 saturated carbocycles. The van der Waals surface area contributed by atoms with Crippen LogP contribution in [0.4, 0.5) is 14.9 Å². The Hall–Kier alpha value is -4.61. The van der Waals surface area contributed by atoms with Gasteiger partial charge >= 0.3 is 6.09 Å². The minimum absolute atomic E-state index is 0.105. The van der Waals surface area contributed by atoms with Gasteiger partial charge in [-0.05, 0) is 62.8 Å². The monoisotopic (exact) mass is 632 g/mol. The Bertz CT molecular complexity index is 1550. The molecule has 3 heterocycles. The van der Waals surface area contributed by atoms with Crippen LogP contribution in [-0.2, 0) is 16.1 Å². The summed E-state index contributed by atoms with van der Waals surface area (Å²) in [6, 6.07) is 12.9. The zero-order valence-corrected chi connectivity index (χ0v) is 26.3. The van der Waals surface area contributed by atoms with Gasteiger partial charge in [0.2, 0.25) is 5.91 Å². The molecule has 2 aliphatic heterocycles. The highest BCUT2D eigenvalue weighted by atomic mass is 19.1. The van der Waals surface area contributed by atoms with Gasteiger partial charge in [-0.3, -0.25) is 14.7 Å². The number of H-pyrrole nitrogens is 1. The number of benzene rings is 2. The van der Waals surface area contributed by atoms with E-state index in [4.69, 9.17) is 4.74 Å². The molecule has 6 rings (SSSR count). The van der Waals surface area contributed by atoms with Crippen molar-refractivity contribution in [3.63, 3.8) is 0 Å². The Morgan fingerprint density at radius 3 is 2.37 bits per heavy atom. The summed E-state index contributed by atoms with van der Waals surface area (Å²) in [7, 11) is 0. The Labute approximate surface area is 267 Å². The lowest BCUT2D eigenvalue weighted by Crippen LogP contribution is -2.56. The molecule has 2 N–H and O–H groups in total. The molecule has 0 spiro atoms. The van der Waals surface area contributed by atoms with E-state index in [0.29, 0.717) is 31.1 Å². The second kappa shape index (κ2) is 13.0. The number of rotatable bonds is 9. The van der Waals surface area contributed by atoms with Gasteiger partial charge in [-0.2, -0.15) is 5.10 Å². The molecule has 1 aliphatic carbocycles. The summed E-state index contributed by atoms with van der Waals surface area (Å²) in [6.07, 6.45) is 6.11. The smallest absolute Gasteiger partial charge is 0.407 e. The molecule has 1 aromatic heterocycles. The number of hydrogen-bond acceptors (Lipinski definition) is 6. The van der Waals surface area contributed by atoms with Gasteiger partial charge in [-0.1, -0.05) is 24.3 Å². The molecule has 3 aliphatic rings. The summed E-state index contributed by atoms with van der Waals surface area (Å²) in [5, 5.41) is 16.1. The summed E-state index contributed by atoms with van der Waals surface area (Å²) in [4.78, 5) is 45.3. The van der Waals surface area contributed by atoms with Crippen LogP contribution in [0.25, 0.3) is 11.1 Å². The molecule has 11 nitrogen and oxygen atoms in total. The quantitative estimate of drug-likeness (QED) is 0.354. The number of halogens is 1. The van der Waals surface area contributed by atoms with Gasteiger partial charge in [0, 0.05) is 69.7 Å². The van der Waals surface area contributed by atoms with Gasteiger partial charge in [0.25, 0.3) is 5.91 Å². The minimum atomic E-state index is -1.25. The fraction of sp³-hybridized carbons (Fsp3) is 0.471. The third kappa shape index (κ3) is 6.95. The first kappa shape index (κ1) is 31.4. The molecule has 244 valence electrons. The molecular formula is C34H41FN6O5. The number of nitrogens with zero attached hydrogens (tertiary/aromatic N) is 5. The summed E-state index contributed by atoms with van der Waals surface area (Å²) in [6.45, 7) is 5.92. The van der Waals surface area contributed by atoms with E-state index in [1.165, 1.54) is 17.0 Å². The lowest BCUT2D eigenvalue weighted by atomic mass is 9.95. The SMILES string of the molecule is CC(C)(Oc1ccc(F)c(N2CCCC(C(=O)N(Cc3ccc(-c4cn[nH]c4)cc3)C3CC3)C2)c1)C(=O)N1CCN(C(=O)O)CC1. The van der Waals surface area contributed by atoms with Crippen molar-refractivity contribution >= 4 is 23.6 Å². The zero-order valence-electron chi connectivity index (χ0n) is 26.3. The number of carboxylic acid groups (broad SMARTS) is 1. The lowest BCUT2D eigenvalue weighted by molar-refractivity contribution is -0.147. The van der Waals surface area contributed by atoms with E-state index in [1.54, 1.807) is 31.0 Å². The van der Waals surface area contributed by atoms with E-state index in [-0.39, 0.29) is 50.0 Å². The molecule has 46 heavy (non-hydrogen) atoms. The fourth-order valence-electron chi connectivity index (χ4n) is 6.43. The molecule has 3 fully saturated rings. The molecule has 1 unspecified atom stereocenters. The van der Waals surface area contributed by atoms with Gasteiger partial charge in [-0.25, -0.2) is 9.18 Å². The maximum atomic E-state index is 15.3. The average molecular weight is 633 g/mol. The van der Waals surface area contributed by atoms with Crippen molar-refractivity contribution in [3.05, 3.63) is 66.2 Å². The topological polar surface area (TPSA) is 122 Å². The number of piperazine rings is 1. The number of carbonyl (C=O) groups is 3. The molecular weight excluding hydrogens is 591 g/mol. The van der Waals surface area contributed by atoms with Crippen LogP contribution in [0.1, 0.15) is 45.1 Å². The van der Waals surface area contributed by atoms with Gasteiger partial charge in [-0.15, -0.1) is 0 Å². The number of hydrogen-bond donors (Lipinski definition) is 2. The number of nitrogens with one attached hydrogen (secondary N) is 1. The van der Waals surface area contributed by atoms with E-state index in [0.717, 1.165) is 42.4 Å². The van der Waals surface area contributed by atoms with Crippen LogP contribution in [-0.4, -0.2) is 98.8 Å². The van der Waals surface area contributed by atoms with Crippen molar-refractivity contribution in [2.75, 3.05) is 44.2 Å². The summed E-state index contributed by atoms with van der Waals surface area (Å²) in [5.41, 5.74) is 2.24. The maximum absolute atomic E-state index is 15.3. The number of aromatic nitrogens is 2. The van der Waals surface area contributed by atoms with E-state index in [2.05, 4.69) is 22.3 Å². The Morgan fingerprint density at radius 1 is 1.00 bits per heavy atom. The molecule has 2 saturated heterocycles. The van der Waals surface area contributed by atoms with Crippen molar-refractivity contribution in [2.24, 2.45) is 5.92 Å². The summed E-state index contributed by atoms with van der Waals surface area (Å²) < 4.78 is 21.4. The van der Waals surface area contributed by atoms with E-state index in [9.17, 15) is 19.5 Å². The first-order chi connectivity index (χ1) is 22.1. The molecule has 0 radical (unpaired) electrons. The molecule has 1 atom stereocenters. The van der Waals surface area contributed by atoms with Crippen LogP contribution in [0, 0.1) is 11.7 Å². The second-order valence-electron chi connectivity index (χ2n) is 13.0. The highest BCUT2D eigenvalue weighted by Gasteiger charge is 2.39. The van der Waals surface area contributed by atoms with Crippen LogP contribution >= 0.6 is 0 Å². The standard InChI is InChI=1S/C34H41FN6O5/c1-34(2,32(43)38-14-16-39(17-15-38)33(44)45)46-28-11-12-29(35)30(18-28)40-13-3-4-25(22-40)31(42)41(27-9-10-27)21-23-5-7-24(8-6-23)26-19-36-37-20-26/h5-8,11-12,18-20,25,27H,3-4,9-10,13-17,21-22H2,1-2H3,(H,36,37)(H,44,45). The highest BCUT2D eigenvalue weighted by molar-refractivity contribution is 5.85. The number of piperidine rings is 1. The Kier molecular flexibility index (Phi) is 8.88. The van der Waals surface area contributed by atoms with Gasteiger partial charge in [0.05, 0.1) is 17.8 Å². The average Bonchev–Trinajstić information content (AvgIpc) is 3.76. The van der Waals surface area contributed by atoms with Crippen LogP contribution in [0.2, 0.25) is 0 Å². The predicted octanol–water partition coefficient (Wildman–Crippen LogP) is 4.60. The van der Waals surface area contributed by atoms with Crippen molar-refractivity contribution in [1.82, 2.24) is 24.9 Å². The van der Waals surface area contributed by atoms with E-state index < -0.39 is 17.5 Å². The van der Waals surface area contributed by atoms with Gasteiger partial charge in [0.1, 0.15) is 11.6 Å². The van der Waals surface area contributed by atoms with Crippen molar-refractivity contribution < 1.29 is 28.6 Å². The van der Waals surface area contributed by atoms with Crippen molar-refractivity contribution in [2.45, 2.75) is 57.7 Å². The number of aromatic amines is 1. The van der Waals surface area contributed by atoms with Crippen molar-refractivity contribution in [1.29, 1.82) is 0 Å². The molecule has 3 aromatic rings. The minimum Gasteiger partial charge on any atom is -0.478 e. The van der Waals surface area contributed by atoms with Crippen LogP contribution in [0.15, 0.2) is 54.9 Å². The molecule has 12 heteroatoms. The van der Waals surface area contributed by atoms with Gasteiger partial charge in [0.15, 0.2) is 5.60 Å². The number of carbonyl (C=O) groups excluding carboxylic acids is 2. The molecule has 3 amide bonds. The lowest BCUT2D eigenvalue weighted by Gasteiger charge is -2.38. The predicted molar refractivity (Wildman–Crippen MR) is 170 cm³/mol. The van der Waals surface area contributed by atoms with Crippen LogP contribution < -0.4 is 9.64 Å². The Morgan fingerprint density at radius 2 is 1.72 bits per heavy atom. The van der Waals surface area contributed by atoms with E-state index >= 15 is 4.39 Å². The highest BCUT2D eigenvalue weighted by Crippen LogP contribution is 2.35. The van der Waals surface area contributed by atoms with Gasteiger partial charge < -0.3 is 29.4 Å². The Balaban J connectivity index is 1.11. The second-order valence-corrected chi connectivity index (χ2v) is 13.0. The largest absolute Gasteiger partial charge is 0.478 e. The number of ether oxygens (including phenoxy) is 1. The fourth-order valence-corrected chi connectivity index (χ4v) is 6.43. The number of anilines is 1. The zero-order chi connectivity index (χ0) is 32.4. The maximum Gasteiger partial charge on any atom is 0.407 e. The number of amides is 3. The van der Waals surface area contributed by atoms with Crippen molar-refractivity contribution in [3.8, 4) is 16.9 Å². The summed E-state index contributed by atoms with van der Waals surface area (Å²) in [5.74, 6) is -0.472. The van der Waals surface area contributed by atoms with Crippen LogP contribution in [0.5, 0.6) is 5.75 Å². The molecule has 0 bridgehead atoms.